The zero-order valence-electron chi connectivity index (χ0n) is 16.4. The number of hydrogen-bond donors (Lipinski definition) is 2. The number of aryl methyl sites for hydroxylation is 1. The van der Waals surface area contributed by atoms with E-state index in [1.807, 2.05) is 37.2 Å². The lowest BCUT2D eigenvalue weighted by molar-refractivity contribution is 0.0918. The smallest absolute Gasteiger partial charge is 0.257 e. The highest BCUT2D eigenvalue weighted by Gasteiger charge is 2.22. The number of nitrogens with one attached hydrogen (secondary N) is 2. The van der Waals surface area contributed by atoms with Gasteiger partial charge in [-0.1, -0.05) is 0 Å². The van der Waals surface area contributed by atoms with E-state index in [-0.39, 0.29) is 10.9 Å². The van der Waals surface area contributed by atoms with Crippen LogP contribution in [0.1, 0.15) is 38.1 Å². The largest absolute Gasteiger partial charge is 0.367 e. The standard InChI is InChI=1S/C20H27FN4O2/c1-5-24-12-14(19(27)23-20(2,3)4)18(26)13-10-15(21)17(11-16(13)24)25-8-6-22-7-9-25/h10-12,22H,5-9H2,1-4H3,(H,23,27). The summed E-state index contributed by atoms with van der Waals surface area (Å²) in [5.74, 6) is -0.874. The van der Waals surface area contributed by atoms with Crippen molar-refractivity contribution in [2.24, 2.45) is 0 Å². The Labute approximate surface area is 158 Å². The molecule has 1 saturated heterocycles. The van der Waals surface area contributed by atoms with Crippen LogP contribution in [-0.4, -0.2) is 42.2 Å². The summed E-state index contributed by atoms with van der Waals surface area (Å²) in [5, 5.41) is 6.29. The summed E-state index contributed by atoms with van der Waals surface area (Å²) in [5.41, 5.74) is 0.269. The van der Waals surface area contributed by atoms with Crippen molar-refractivity contribution < 1.29 is 9.18 Å². The maximum Gasteiger partial charge on any atom is 0.257 e. The topological polar surface area (TPSA) is 66.4 Å². The third kappa shape index (κ3) is 3.98. The van der Waals surface area contributed by atoms with Crippen molar-refractivity contribution in [2.45, 2.75) is 39.8 Å². The van der Waals surface area contributed by atoms with Crippen LogP contribution in [0.3, 0.4) is 0 Å². The molecule has 1 fully saturated rings. The molecule has 0 spiro atoms. The van der Waals surface area contributed by atoms with Gasteiger partial charge in [0.1, 0.15) is 11.4 Å². The Morgan fingerprint density at radius 3 is 2.52 bits per heavy atom. The lowest BCUT2D eigenvalue weighted by Crippen LogP contribution is -2.44. The van der Waals surface area contributed by atoms with E-state index >= 15 is 0 Å². The predicted octanol–water partition coefficient (Wildman–Crippen LogP) is 2.10. The lowest BCUT2D eigenvalue weighted by Gasteiger charge is -2.30. The van der Waals surface area contributed by atoms with Crippen LogP contribution in [0.25, 0.3) is 10.9 Å². The van der Waals surface area contributed by atoms with Crippen molar-refractivity contribution in [3.63, 3.8) is 0 Å². The average molecular weight is 374 g/mol. The number of amides is 1. The van der Waals surface area contributed by atoms with E-state index in [0.29, 0.717) is 30.8 Å². The molecule has 27 heavy (non-hydrogen) atoms. The van der Waals surface area contributed by atoms with E-state index in [9.17, 15) is 14.0 Å². The molecule has 0 unspecified atom stereocenters. The summed E-state index contributed by atoms with van der Waals surface area (Å²) >= 11 is 0. The molecule has 146 valence electrons. The second-order valence-electron chi connectivity index (χ2n) is 7.92. The minimum absolute atomic E-state index is 0.0357. The molecule has 1 aliphatic rings. The summed E-state index contributed by atoms with van der Waals surface area (Å²) in [6.07, 6.45) is 1.57. The number of benzene rings is 1. The first-order valence-electron chi connectivity index (χ1n) is 9.36. The van der Waals surface area contributed by atoms with Crippen molar-refractivity contribution in [1.29, 1.82) is 0 Å². The predicted molar refractivity (Wildman–Crippen MR) is 106 cm³/mol. The molecule has 1 amide bonds. The zero-order chi connectivity index (χ0) is 19.8. The van der Waals surface area contributed by atoms with Gasteiger partial charge in [0, 0.05) is 49.8 Å². The van der Waals surface area contributed by atoms with E-state index in [4.69, 9.17) is 0 Å². The van der Waals surface area contributed by atoms with Crippen molar-refractivity contribution in [1.82, 2.24) is 15.2 Å². The van der Waals surface area contributed by atoms with Crippen molar-refractivity contribution in [3.8, 4) is 0 Å². The monoisotopic (exact) mass is 374 g/mol. The first-order chi connectivity index (χ1) is 12.7. The van der Waals surface area contributed by atoms with E-state index < -0.39 is 22.7 Å². The van der Waals surface area contributed by atoms with Gasteiger partial charge in [-0.05, 0) is 39.8 Å². The van der Waals surface area contributed by atoms with Crippen LogP contribution in [0.4, 0.5) is 10.1 Å². The number of fused-ring (bicyclic) bond motifs is 1. The first kappa shape index (κ1) is 19.4. The summed E-state index contributed by atoms with van der Waals surface area (Å²) in [4.78, 5) is 27.4. The number of aromatic nitrogens is 1. The number of pyridine rings is 1. The summed E-state index contributed by atoms with van der Waals surface area (Å²) in [7, 11) is 0. The highest BCUT2D eigenvalue weighted by Crippen LogP contribution is 2.25. The summed E-state index contributed by atoms with van der Waals surface area (Å²) in [6, 6.07) is 3.00. The third-order valence-corrected chi connectivity index (χ3v) is 4.68. The highest BCUT2D eigenvalue weighted by molar-refractivity contribution is 5.98. The van der Waals surface area contributed by atoms with Gasteiger partial charge in [0.25, 0.3) is 5.91 Å². The number of piperazine rings is 1. The van der Waals surface area contributed by atoms with Crippen molar-refractivity contribution in [2.75, 3.05) is 31.1 Å². The normalized spacial score (nSPS) is 15.2. The van der Waals surface area contributed by atoms with Crippen LogP contribution in [0.5, 0.6) is 0 Å². The number of carbonyl (C=O) groups is 1. The average Bonchev–Trinajstić information content (AvgIpc) is 2.61. The van der Waals surface area contributed by atoms with Gasteiger partial charge in [0.15, 0.2) is 0 Å². The fourth-order valence-corrected chi connectivity index (χ4v) is 3.38. The van der Waals surface area contributed by atoms with E-state index in [1.54, 1.807) is 12.3 Å². The minimum atomic E-state index is -0.465. The Bertz CT molecular complexity index is 924. The Kier molecular flexibility index (Phi) is 5.24. The Hall–Kier alpha value is -2.41. The van der Waals surface area contributed by atoms with Gasteiger partial charge in [-0.15, -0.1) is 0 Å². The second kappa shape index (κ2) is 7.31. The van der Waals surface area contributed by atoms with Crippen LogP contribution in [0, 0.1) is 5.82 Å². The highest BCUT2D eigenvalue weighted by atomic mass is 19.1. The van der Waals surface area contributed by atoms with Crippen LogP contribution >= 0.6 is 0 Å². The molecule has 1 aromatic carbocycles. The van der Waals surface area contributed by atoms with E-state index in [0.717, 1.165) is 13.1 Å². The zero-order valence-corrected chi connectivity index (χ0v) is 16.4. The SMILES string of the molecule is CCn1cc(C(=O)NC(C)(C)C)c(=O)c2cc(F)c(N3CCNCC3)cc21. The van der Waals surface area contributed by atoms with Crippen molar-refractivity contribution >= 4 is 22.5 Å². The van der Waals surface area contributed by atoms with Crippen LogP contribution in [0.2, 0.25) is 0 Å². The van der Waals surface area contributed by atoms with Gasteiger partial charge >= 0.3 is 0 Å². The quantitative estimate of drug-likeness (QED) is 0.864. The maximum absolute atomic E-state index is 14.8. The molecule has 1 aliphatic heterocycles. The van der Waals surface area contributed by atoms with E-state index in [2.05, 4.69) is 10.6 Å². The molecule has 2 N–H and O–H groups in total. The molecule has 2 aromatic rings. The number of nitrogens with zero attached hydrogens (tertiary/aromatic N) is 2. The van der Waals surface area contributed by atoms with Gasteiger partial charge in [-0.2, -0.15) is 0 Å². The molecule has 0 atom stereocenters. The van der Waals surface area contributed by atoms with Gasteiger partial charge < -0.3 is 20.1 Å². The summed E-state index contributed by atoms with van der Waals surface area (Å²) < 4.78 is 16.6. The van der Waals surface area contributed by atoms with Crippen LogP contribution in [0.15, 0.2) is 23.1 Å². The number of rotatable bonds is 3. The second-order valence-corrected chi connectivity index (χ2v) is 7.92. The van der Waals surface area contributed by atoms with E-state index in [1.165, 1.54) is 6.07 Å². The Morgan fingerprint density at radius 2 is 1.93 bits per heavy atom. The van der Waals surface area contributed by atoms with Crippen molar-refractivity contribution in [3.05, 3.63) is 39.9 Å². The van der Waals surface area contributed by atoms with Gasteiger partial charge in [0.05, 0.1) is 11.2 Å². The number of halogens is 1. The Morgan fingerprint density at radius 1 is 1.26 bits per heavy atom. The summed E-state index contributed by atoms with van der Waals surface area (Å²) in [6.45, 7) is 11.1. The molecule has 3 rings (SSSR count). The van der Waals surface area contributed by atoms with Gasteiger partial charge in [-0.3, -0.25) is 9.59 Å². The molecule has 2 heterocycles. The molecule has 7 heteroatoms. The molecular weight excluding hydrogens is 347 g/mol. The number of carbonyl (C=O) groups excluding carboxylic acids is 1. The molecule has 6 nitrogen and oxygen atoms in total. The number of hydrogen-bond acceptors (Lipinski definition) is 4. The Balaban J connectivity index is 2.14. The molecule has 0 aliphatic carbocycles. The van der Waals surface area contributed by atoms with Gasteiger partial charge in [0.2, 0.25) is 5.43 Å². The fourth-order valence-electron chi connectivity index (χ4n) is 3.38. The fraction of sp³-hybridized carbons (Fsp3) is 0.500. The maximum atomic E-state index is 14.8. The van der Waals surface area contributed by atoms with Crippen LogP contribution in [-0.2, 0) is 6.54 Å². The molecule has 0 bridgehead atoms. The molecular formula is C20H27FN4O2. The first-order valence-corrected chi connectivity index (χ1v) is 9.36. The molecule has 0 saturated carbocycles. The number of anilines is 1. The minimum Gasteiger partial charge on any atom is -0.367 e. The molecule has 1 aromatic heterocycles. The molecule has 0 radical (unpaired) electrons. The third-order valence-electron chi connectivity index (χ3n) is 4.68. The lowest BCUT2D eigenvalue weighted by atomic mass is 10.1. The van der Waals surface area contributed by atoms with Crippen LogP contribution < -0.4 is 21.0 Å². The van der Waals surface area contributed by atoms with Gasteiger partial charge in [-0.25, -0.2) is 4.39 Å².